The summed E-state index contributed by atoms with van der Waals surface area (Å²) < 4.78 is 37.7. The van der Waals surface area contributed by atoms with Crippen molar-refractivity contribution in [2.75, 3.05) is 5.32 Å². The van der Waals surface area contributed by atoms with Gasteiger partial charge in [0, 0.05) is 23.4 Å². The molecule has 0 saturated carbocycles. The van der Waals surface area contributed by atoms with Crippen molar-refractivity contribution >= 4 is 29.1 Å². The Kier molecular flexibility index (Phi) is 6.64. The number of amides is 1. The highest BCUT2D eigenvalue weighted by Gasteiger charge is 2.30. The minimum Gasteiger partial charge on any atom is -0.326 e. The molecule has 0 bridgehead atoms. The summed E-state index contributed by atoms with van der Waals surface area (Å²) in [7, 11) is 0. The van der Waals surface area contributed by atoms with E-state index >= 15 is 0 Å². The Balaban J connectivity index is 2.01. The molecule has 0 saturated heterocycles. The van der Waals surface area contributed by atoms with Gasteiger partial charge in [-0.15, -0.1) is 0 Å². The molecule has 1 amide bonds. The van der Waals surface area contributed by atoms with Crippen LogP contribution in [0.3, 0.4) is 0 Å². The number of thioether (sulfide) groups is 1. The molecule has 1 heterocycles. The summed E-state index contributed by atoms with van der Waals surface area (Å²) in [5.74, 6) is -0.450. The number of rotatable bonds is 6. The molecule has 144 valence electrons. The number of hydrogen-bond acceptors (Lipinski definition) is 4. The van der Waals surface area contributed by atoms with Crippen LogP contribution in [0.5, 0.6) is 0 Å². The highest BCUT2D eigenvalue weighted by atomic mass is 32.2. The van der Waals surface area contributed by atoms with Gasteiger partial charge in [0.1, 0.15) is 0 Å². The lowest BCUT2D eigenvalue weighted by Gasteiger charge is -2.12. The number of halogens is 3. The quantitative estimate of drug-likeness (QED) is 0.548. The lowest BCUT2D eigenvalue weighted by molar-refractivity contribution is -0.137. The molecule has 0 radical (unpaired) electrons. The van der Waals surface area contributed by atoms with E-state index in [9.17, 15) is 22.8 Å². The van der Waals surface area contributed by atoms with E-state index in [4.69, 9.17) is 0 Å². The average Bonchev–Trinajstić information content (AvgIpc) is 2.61. The molecular formula is C19H19F3N2O2S. The molecule has 0 fully saturated rings. The molecule has 8 heteroatoms. The zero-order valence-corrected chi connectivity index (χ0v) is 15.8. The Morgan fingerprint density at radius 3 is 2.15 bits per heavy atom. The monoisotopic (exact) mass is 396 g/mol. The smallest absolute Gasteiger partial charge is 0.326 e. The maximum atomic E-state index is 12.6. The van der Waals surface area contributed by atoms with Crippen molar-refractivity contribution in [3.63, 3.8) is 0 Å². The topological polar surface area (TPSA) is 59.1 Å². The van der Waals surface area contributed by atoms with Gasteiger partial charge in [-0.25, -0.2) is 4.98 Å². The van der Waals surface area contributed by atoms with Crippen LogP contribution in [0.4, 0.5) is 18.9 Å². The number of ketones is 1. The van der Waals surface area contributed by atoms with Crippen LogP contribution in [0.15, 0.2) is 47.6 Å². The molecule has 1 aromatic heterocycles. The Hall–Kier alpha value is -2.35. The van der Waals surface area contributed by atoms with Gasteiger partial charge >= 0.3 is 6.18 Å². The summed E-state index contributed by atoms with van der Waals surface area (Å²) in [6.45, 7) is 5.23. The second kappa shape index (κ2) is 8.56. The SMILES string of the molecule is CC(C)C(=O)Nc1ccc(C(=O)C(C)Sc2ccc(C(F)(F)F)cn2)cc1. The van der Waals surface area contributed by atoms with Gasteiger partial charge in [0.05, 0.1) is 15.8 Å². The largest absolute Gasteiger partial charge is 0.417 e. The molecule has 4 nitrogen and oxygen atoms in total. The van der Waals surface area contributed by atoms with E-state index in [2.05, 4.69) is 10.3 Å². The van der Waals surface area contributed by atoms with Crippen LogP contribution in [0.25, 0.3) is 0 Å². The van der Waals surface area contributed by atoms with Gasteiger partial charge in [-0.1, -0.05) is 25.6 Å². The minimum atomic E-state index is -4.44. The molecule has 0 aliphatic carbocycles. The van der Waals surface area contributed by atoms with Crippen LogP contribution in [-0.4, -0.2) is 21.9 Å². The maximum absolute atomic E-state index is 12.6. The van der Waals surface area contributed by atoms with Gasteiger partial charge in [0.2, 0.25) is 5.91 Å². The van der Waals surface area contributed by atoms with E-state index in [1.54, 1.807) is 45.0 Å². The number of nitrogens with zero attached hydrogens (tertiary/aromatic N) is 1. The van der Waals surface area contributed by atoms with Crippen molar-refractivity contribution in [2.24, 2.45) is 5.92 Å². The van der Waals surface area contributed by atoms with Crippen molar-refractivity contribution in [1.29, 1.82) is 0 Å². The first-order valence-corrected chi connectivity index (χ1v) is 9.11. The molecule has 1 atom stereocenters. The number of hydrogen-bond donors (Lipinski definition) is 1. The summed E-state index contributed by atoms with van der Waals surface area (Å²) in [5.41, 5.74) is 0.212. The van der Waals surface area contributed by atoms with Gasteiger partial charge in [0.15, 0.2) is 5.78 Å². The molecular weight excluding hydrogens is 377 g/mol. The van der Waals surface area contributed by atoms with Crippen LogP contribution in [0, 0.1) is 5.92 Å². The van der Waals surface area contributed by atoms with E-state index in [0.717, 1.165) is 24.0 Å². The zero-order valence-electron chi connectivity index (χ0n) is 15.0. The first-order valence-electron chi connectivity index (χ1n) is 8.23. The number of Topliss-reactive ketones (excluding diaryl/α,β-unsaturated/α-hetero) is 1. The van der Waals surface area contributed by atoms with E-state index in [-0.39, 0.29) is 17.6 Å². The standard InChI is InChI=1S/C19H19F3N2O2S/c1-11(2)18(26)24-15-7-4-13(5-8-15)17(25)12(3)27-16-9-6-14(10-23-16)19(20,21)22/h4-12H,1-3H3,(H,24,26). The number of anilines is 1. The molecule has 0 spiro atoms. The number of pyridine rings is 1. The van der Waals surface area contributed by atoms with Crippen molar-refractivity contribution in [1.82, 2.24) is 4.98 Å². The summed E-state index contributed by atoms with van der Waals surface area (Å²) in [4.78, 5) is 27.9. The number of nitrogens with one attached hydrogen (secondary N) is 1. The lowest BCUT2D eigenvalue weighted by atomic mass is 10.1. The number of carbonyl (C=O) groups excluding carboxylic acids is 2. The summed E-state index contributed by atoms with van der Waals surface area (Å²) in [5, 5.41) is 2.55. The van der Waals surface area contributed by atoms with Crippen molar-refractivity contribution < 1.29 is 22.8 Å². The van der Waals surface area contributed by atoms with Crippen LogP contribution >= 0.6 is 11.8 Å². The first kappa shape index (κ1) is 21.0. The second-order valence-corrected chi connectivity index (χ2v) is 7.59. The summed E-state index contributed by atoms with van der Waals surface area (Å²) in [6.07, 6.45) is -3.68. The Bertz CT molecular complexity index is 803. The molecule has 2 rings (SSSR count). The van der Waals surface area contributed by atoms with Crippen molar-refractivity contribution in [2.45, 2.75) is 37.2 Å². The third-order valence-electron chi connectivity index (χ3n) is 3.69. The molecule has 27 heavy (non-hydrogen) atoms. The fourth-order valence-corrected chi connectivity index (χ4v) is 2.96. The maximum Gasteiger partial charge on any atom is 0.417 e. The second-order valence-electron chi connectivity index (χ2n) is 6.23. The van der Waals surface area contributed by atoms with Gasteiger partial charge < -0.3 is 5.32 Å². The van der Waals surface area contributed by atoms with Gasteiger partial charge in [-0.2, -0.15) is 13.2 Å². The molecule has 1 aromatic carbocycles. The Morgan fingerprint density at radius 2 is 1.67 bits per heavy atom. The third-order valence-corrected chi connectivity index (χ3v) is 4.74. The number of carbonyl (C=O) groups is 2. The summed E-state index contributed by atoms with van der Waals surface area (Å²) >= 11 is 1.09. The molecule has 0 aliphatic rings. The third kappa shape index (κ3) is 5.82. The fourth-order valence-electron chi connectivity index (χ4n) is 2.09. The molecule has 0 aliphatic heterocycles. The van der Waals surface area contributed by atoms with Gasteiger partial charge in [-0.05, 0) is 43.3 Å². The minimum absolute atomic E-state index is 0.119. The number of benzene rings is 1. The van der Waals surface area contributed by atoms with E-state index in [1.165, 1.54) is 6.07 Å². The molecule has 2 aromatic rings. The van der Waals surface area contributed by atoms with E-state index < -0.39 is 17.0 Å². The van der Waals surface area contributed by atoms with Crippen LogP contribution in [0.1, 0.15) is 36.7 Å². The normalized spacial score (nSPS) is 12.7. The molecule has 1 unspecified atom stereocenters. The predicted molar refractivity (Wildman–Crippen MR) is 98.8 cm³/mol. The molecule has 1 N–H and O–H groups in total. The lowest BCUT2D eigenvalue weighted by Crippen LogP contribution is -2.18. The predicted octanol–water partition coefficient (Wildman–Crippen LogP) is 5.06. The van der Waals surface area contributed by atoms with Crippen LogP contribution in [-0.2, 0) is 11.0 Å². The average molecular weight is 396 g/mol. The van der Waals surface area contributed by atoms with Crippen molar-refractivity contribution in [3.05, 3.63) is 53.7 Å². The van der Waals surface area contributed by atoms with Crippen LogP contribution < -0.4 is 5.32 Å². The van der Waals surface area contributed by atoms with Gasteiger partial charge in [0.25, 0.3) is 0 Å². The zero-order chi connectivity index (χ0) is 20.2. The fraction of sp³-hybridized carbons (Fsp3) is 0.316. The number of alkyl halides is 3. The van der Waals surface area contributed by atoms with Gasteiger partial charge in [-0.3, -0.25) is 9.59 Å². The van der Waals surface area contributed by atoms with E-state index in [0.29, 0.717) is 16.3 Å². The highest BCUT2D eigenvalue weighted by Crippen LogP contribution is 2.31. The van der Waals surface area contributed by atoms with Crippen LogP contribution in [0.2, 0.25) is 0 Å². The Morgan fingerprint density at radius 1 is 1.04 bits per heavy atom. The highest BCUT2D eigenvalue weighted by molar-refractivity contribution is 8.00. The Labute approximate surface area is 159 Å². The van der Waals surface area contributed by atoms with E-state index in [1.807, 2.05) is 0 Å². The summed E-state index contributed by atoms with van der Waals surface area (Å²) in [6, 6.07) is 8.69. The van der Waals surface area contributed by atoms with Crippen molar-refractivity contribution in [3.8, 4) is 0 Å². The first-order chi connectivity index (χ1) is 12.6. The number of aromatic nitrogens is 1.